The van der Waals surface area contributed by atoms with Gasteiger partial charge in [0.25, 0.3) is 5.56 Å². The standard InChI is InChI=1S/C26H33N5O4/c1-3-4-17-7-8-20-24-23(25(34)27-10-9-18-12-29(2)15-28-18)19(14-32)21(13-30(20)26(17)35)31(24)22(33)11-16-5-6-16/h3-4,7-8,12,15-16,19,21,23-24,32H,5-6,9-11,13-14H2,1-2H3,(H,27,34)/b4-3-/t19-,21-,23+,24+/m0/s1. The number of amides is 2. The van der Waals surface area contributed by atoms with Crippen LogP contribution in [0.5, 0.6) is 0 Å². The zero-order chi connectivity index (χ0) is 24.7. The van der Waals surface area contributed by atoms with Crippen LogP contribution in [0.25, 0.3) is 6.08 Å². The minimum atomic E-state index is -0.627. The lowest BCUT2D eigenvalue weighted by atomic mass is 9.86. The second-order valence-corrected chi connectivity index (χ2v) is 10.0. The molecule has 2 amide bonds. The highest BCUT2D eigenvalue weighted by molar-refractivity contribution is 5.84. The summed E-state index contributed by atoms with van der Waals surface area (Å²) in [5.41, 5.74) is 2.00. The highest BCUT2D eigenvalue weighted by Crippen LogP contribution is 2.49. The number of imidazole rings is 1. The first kappa shape index (κ1) is 23.5. The number of carbonyl (C=O) groups excluding carboxylic acids is 2. The van der Waals surface area contributed by atoms with E-state index >= 15 is 0 Å². The number of allylic oxidation sites excluding steroid dienone is 1. The maximum absolute atomic E-state index is 13.5. The number of aliphatic hydroxyl groups excluding tert-OH is 1. The average molecular weight is 480 g/mol. The van der Waals surface area contributed by atoms with Crippen molar-refractivity contribution in [2.45, 2.75) is 51.2 Å². The van der Waals surface area contributed by atoms with Gasteiger partial charge in [0.05, 0.1) is 30.0 Å². The topological polar surface area (TPSA) is 109 Å². The molecular formula is C26H33N5O4. The van der Waals surface area contributed by atoms with Crippen LogP contribution in [-0.2, 0) is 29.6 Å². The summed E-state index contributed by atoms with van der Waals surface area (Å²) in [5, 5.41) is 13.4. The van der Waals surface area contributed by atoms with E-state index in [9.17, 15) is 19.5 Å². The molecule has 0 unspecified atom stereocenters. The van der Waals surface area contributed by atoms with E-state index in [0.717, 1.165) is 18.5 Å². The fraction of sp³-hybridized carbons (Fsp3) is 0.538. The molecule has 2 bridgehead atoms. The van der Waals surface area contributed by atoms with Crippen molar-refractivity contribution in [3.63, 3.8) is 0 Å². The summed E-state index contributed by atoms with van der Waals surface area (Å²) in [7, 11) is 1.90. The number of nitrogens with one attached hydrogen (secondary N) is 1. The summed E-state index contributed by atoms with van der Waals surface area (Å²) in [6.45, 7) is 2.33. The Hall–Kier alpha value is -3.20. The maximum Gasteiger partial charge on any atom is 0.258 e. The predicted molar refractivity (Wildman–Crippen MR) is 130 cm³/mol. The monoisotopic (exact) mass is 479 g/mol. The zero-order valence-corrected chi connectivity index (χ0v) is 20.3. The number of nitrogens with zero attached hydrogens (tertiary/aromatic N) is 4. The van der Waals surface area contributed by atoms with E-state index in [1.807, 2.05) is 41.8 Å². The first-order chi connectivity index (χ1) is 16.9. The summed E-state index contributed by atoms with van der Waals surface area (Å²) < 4.78 is 3.56. The Bertz CT molecular complexity index is 1210. The molecule has 4 heterocycles. The smallest absolute Gasteiger partial charge is 0.258 e. The van der Waals surface area contributed by atoms with Crippen molar-refractivity contribution in [2.75, 3.05) is 13.2 Å². The van der Waals surface area contributed by atoms with E-state index in [0.29, 0.717) is 36.6 Å². The van der Waals surface area contributed by atoms with Crippen molar-refractivity contribution in [1.29, 1.82) is 0 Å². The van der Waals surface area contributed by atoms with Gasteiger partial charge in [-0.05, 0) is 37.8 Å². The van der Waals surface area contributed by atoms with Gasteiger partial charge in [0.15, 0.2) is 0 Å². The molecule has 0 spiro atoms. The number of fused-ring (bicyclic) bond motifs is 4. The molecule has 5 rings (SSSR count). The molecule has 2 aromatic rings. The quantitative estimate of drug-likeness (QED) is 0.593. The van der Waals surface area contributed by atoms with E-state index in [4.69, 9.17) is 0 Å². The van der Waals surface area contributed by atoms with Gasteiger partial charge in [-0.2, -0.15) is 0 Å². The van der Waals surface area contributed by atoms with Crippen LogP contribution in [0.4, 0.5) is 0 Å². The van der Waals surface area contributed by atoms with Crippen molar-refractivity contribution < 1.29 is 14.7 Å². The Morgan fingerprint density at radius 2 is 2.09 bits per heavy atom. The zero-order valence-electron chi connectivity index (χ0n) is 20.3. The molecule has 186 valence electrons. The van der Waals surface area contributed by atoms with Crippen molar-refractivity contribution in [1.82, 2.24) is 24.3 Å². The lowest BCUT2D eigenvalue weighted by Crippen LogP contribution is -2.49. The molecule has 1 saturated carbocycles. The molecule has 4 atom stereocenters. The maximum atomic E-state index is 13.5. The highest BCUT2D eigenvalue weighted by Gasteiger charge is 2.57. The number of hydrogen-bond donors (Lipinski definition) is 2. The number of aliphatic hydroxyl groups is 1. The van der Waals surface area contributed by atoms with E-state index < -0.39 is 23.9 Å². The largest absolute Gasteiger partial charge is 0.396 e. The molecule has 0 radical (unpaired) electrons. The van der Waals surface area contributed by atoms with Crippen molar-refractivity contribution in [3.8, 4) is 0 Å². The number of carbonyl (C=O) groups is 2. The van der Waals surface area contributed by atoms with Crippen molar-refractivity contribution in [2.24, 2.45) is 24.8 Å². The summed E-state index contributed by atoms with van der Waals surface area (Å²) in [4.78, 5) is 46.3. The Labute approximate surface area is 204 Å². The Kier molecular flexibility index (Phi) is 6.35. The lowest BCUT2D eigenvalue weighted by Gasteiger charge is -2.38. The molecule has 35 heavy (non-hydrogen) atoms. The van der Waals surface area contributed by atoms with Crippen LogP contribution in [0.3, 0.4) is 0 Å². The molecule has 3 aliphatic rings. The van der Waals surface area contributed by atoms with Crippen LogP contribution in [-0.4, -0.2) is 55.1 Å². The summed E-state index contributed by atoms with van der Waals surface area (Å²) in [6.07, 6.45) is 10.4. The molecule has 2 fully saturated rings. The van der Waals surface area contributed by atoms with Crippen LogP contribution in [0.2, 0.25) is 0 Å². The second kappa shape index (κ2) is 9.45. The van der Waals surface area contributed by atoms with Crippen LogP contribution in [0.15, 0.2) is 35.5 Å². The number of rotatable bonds is 8. The minimum absolute atomic E-state index is 0.0148. The van der Waals surface area contributed by atoms with Gasteiger partial charge in [-0.25, -0.2) is 4.98 Å². The first-order valence-electron chi connectivity index (χ1n) is 12.5. The minimum Gasteiger partial charge on any atom is -0.396 e. The molecule has 2 aromatic heterocycles. The molecule has 2 N–H and O–H groups in total. The lowest BCUT2D eigenvalue weighted by molar-refractivity contribution is -0.137. The van der Waals surface area contributed by atoms with Crippen LogP contribution in [0.1, 0.15) is 49.2 Å². The number of hydrogen-bond acceptors (Lipinski definition) is 5. The average Bonchev–Trinajstić information content (AvgIpc) is 3.49. The van der Waals surface area contributed by atoms with Crippen LogP contribution < -0.4 is 10.9 Å². The Morgan fingerprint density at radius 1 is 1.29 bits per heavy atom. The Balaban J connectivity index is 1.47. The Morgan fingerprint density at radius 3 is 2.74 bits per heavy atom. The van der Waals surface area contributed by atoms with E-state index in [1.54, 1.807) is 23.0 Å². The fourth-order valence-corrected chi connectivity index (χ4v) is 5.77. The van der Waals surface area contributed by atoms with E-state index in [1.165, 1.54) is 0 Å². The van der Waals surface area contributed by atoms with Gasteiger partial charge < -0.3 is 24.5 Å². The number of aromatic nitrogens is 3. The van der Waals surface area contributed by atoms with E-state index in [-0.39, 0.29) is 30.5 Å². The summed E-state index contributed by atoms with van der Waals surface area (Å²) in [6, 6.07) is 2.66. The molecule has 1 saturated heterocycles. The third-order valence-electron chi connectivity index (χ3n) is 7.61. The predicted octanol–water partition coefficient (Wildman–Crippen LogP) is 1.26. The molecule has 1 aliphatic carbocycles. The van der Waals surface area contributed by atoms with Gasteiger partial charge in [0.1, 0.15) is 0 Å². The molecule has 9 nitrogen and oxygen atoms in total. The van der Waals surface area contributed by atoms with Gasteiger partial charge in [-0.15, -0.1) is 0 Å². The normalized spacial score (nSPS) is 25.2. The molecule has 2 aliphatic heterocycles. The van der Waals surface area contributed by atoms with Gasteiger partial charge in [-0.3, -0.25) is 14.4 Å². The second-order valence-electron chi connectivity index (χ2n) is 10.0. The number of aryl methyl sites for hydroxylation is 1. The molecular weight excluding hydrogens is 446 g/mol. The van der Waals surface area contributed by atoms with Crippen LogP contribution >= 0.6 is 0 Å². The van der Waals surface area contributed by atoms with Gasteiger partial charge >= 0.3 is 0 Å². The van der Waals surface area contributed by atoms with E-state index in [2.05, 4.69) is 10.3 Å². The van der Waals surface area contributed by atoms with Crippen molar-refractivity contribution >= 4 is 17.9 Å². The first-order valence-corrected chi connectivity index (χ1v) is 12.5. The summed E-state index contributed by atoms with van der Waals surface area (Å²) >= 11 is 0. The molecule has 0 aromatic carbocycles. The fourth-order valence-electron chi connectivity index (χ4n) is 5.77. The van der Waals surface area contributed by atoms with Gasteiger partial charge in [0, 0.05) is 63.0 Å². The highest BCUT2D eigenvalue weighted by atomic mass is 16.3. The third kappa shape index (κ3) is 4.33. The molecule has 9 heteroatoms. The number of pyridine rings is 1. The van der Waals surface area contributed by atoms with Gasteiger partial charge in [-0.1, -0.05) is 12.2 Å². The van der Waals surface area contributed by atoms with Crippen LogP contribution in [0, 0.1) is 17.8 Å². The van der Waals surface area contributed by atoms with Gasteiger partial charge in [0.2, 0.25) is 11.8 Å². The third-order valence-corrected chi connectivity index (χ3v) is 7.61. The summed E-state index contributed by atoms with van der Waals surface area (Å²) in [5.74, 6) is -0.850. The SMILES string of the molecule is C/C=C\c1ccc2n(c1=O)C[C@H]1[C@H](CO)[C@@H](C(=O)NCCc3cn(C)cn3)[C@@H]2N1C(=O)CC1CC1. The van der Waals surface area contributed by atoms with Crippen molar-refractivity contribution in [3.05, 3.63) is 58.0 Å².